The van der Waals surface area contributed by atoms with Crippen molar-refractivity contribution in [2.24, 2.45) is 0 Å². The van der Waals surface area contributed by atoms with Crippen LogP contribution in [0, 0.1) is 0 Å². The number of ether oxygens (including phenoxy) is 4. The van der Waals surface area contributed by atoms with Gasteiger partial charge in [0, 0.05) is 51.6 Å². The molecule has 0 aromatic heterocycles. The van der Waals surface area contributed by atoms with Gasteiger partial charge in [-0.1, -0.05) is 60.7 Å². The lowest BCUT2D eigenvalue weighted by atomic mass is 9.85. The van der Waals surface area contributed by atoms with E-state index in [-0.39, 0.29) is 6.10 Å². The van der Waals surface area contributed by atoms with Gasteiger partial charge in [0.25, 0.3) is 0 Å². The molecule has 6 rings (SSSR count). The fourth-order valence-corrected chi connectivity index (χ4v) is 7.71. The predicted octanol–water partition coefficient (Wildman–Crippen LogP) is 4.61. The highest BCUT2D eigenvalue weighted by atomic mass is 16.7. The van der Waals surface area contributed by atoms with E-state index in [1.165, 1.54) is 43.3 Å². The summed E-state index contributed by atoms with van der Waals surface area (Å²) in [5.41, 5.74) is -0.312. The molecule has 0 saturated carbocycles. The standard InChI is InChI=1S/C32H41N2O6/c1-24(38-31(36)33-16-20-37-21-17-33)40-32(25-10-4-2-5-11-25,26-12-6-3-7-13-26)30(35)39-29-22-27-14-15-28(23-29)34(27)18-8-9-19-34/h2-7,10-13,24,27-29H,8-9,14-23H2,1H3/q+1/t24-,27?,28?,29?/m0/s1. The Hall–Kier alpha value is -2.94. The number of piperidine rings is 1. The first kappa shape index (κ1) is 27.2. The van der Waals surface area contributed by atoms with Gasteiger partial charge in [-0.25, -0.2) is 9.59 Å². The second-order valence-electron chi connectivity index (χ2n) is 11.7. The van der Waals surface area contributed by atoms with Crippen LogP contribution in [0.5, 0.6) is 0 Å². The predicted molar refractivity (Wildman–Crippen MR) is 148 cm³/mol. The Bertz CT molecular complexity index is 1110. The van der Waals surface area contributed by atoms with E-state index in [1.54, 1.807) is 11.8 Å². The van der Waals surface area contributed by atoms with Crippen molar-refractivity contribution in [1.29, 1.82) is 0 Å². The van der Waals surface area contributed by atoms with E-state index in [1.807, 2.05) is 60.7 Å². The Kier molecular flexibility index (Phi) is 7.84. The summed E-state index contributed by atoms with van der Waals surface area (Å²) in [5, 5.41) is 0. The molecule has 4 aliphatic heterocycles. The van der Waals surface area contributed by atoms with E-state index in [9.17, 15) is 9.59 Å². The van der Waals surface area contributed by atoms with Crippen LogP contribution in [0.4, 0.5) is 4.79 Å². The van der Waals surface area contributed by atoms with Gasteiger partial charge < -0.3 is 28.3 Å². The first-order chi connectivity index (χ1) is 19.5. The topological polar surface area (TPSA) is 74.3 Å². The highest BCUT2D eigenvalue weighted by molar-refractivity contribution is 5.86. The van der Waals surface area contributed by atoms with Crippen LogP contribution in [0.25, 0.3) is 0 Å². The first-order valence-corrected chi connectivity index (χ1v) is 14.9. The monoisotopic (exact) mass is 549 g/mol. The molecule has 0 radical (unpaired) electrons. The van der Waals surface area contributed by atoms with Crippen molar-refractivity contribution in [3.05, 3.63) is 71.8 Å². The number of amides is 1. The fourth-order valence-electron chi connectivity index (χ4n) is 7.71. The molecule has 1 spiro atoms. The Labute approximate surface area is 236 Å². The number of hydrogen-bond acceptors (Lipinski definition) is 6. The molecule has 8 heteroatoms. The first-order valence-electron chi connectivity index (χ1n) is 14.9. The average Bonchev–Trinajstić information content (AvgIpc) is 3.53. The summed E-state index contributed by atoms with van der Waals surface area (Å²) in [6.07, 6.45) is 5.17. The summed E-state index contributed by atoms with van der Waals surface area (Å²) in [6, 6.07) is 20.0. The summed E-state index contributed by atoms with van der Waals surface area (Å²) >= 11 is 0. The minimum atomic E-state index is -1.59. The summed E-state index contributed by atoms with van der Waals surface area (Å²) in [4.78, 5) is 29.0. The second-order valence-corrected chi connectivity index (χ2v) is 11.7. The van der Waals surface area contributed by atoms with Crippen molar-refractivity contribution in [2.45, 2.75) is 75.5 Å². The zero-order valence-corrected chi connectivity index (χ0v) is 23.4. The molecule has 0 aliphatic carbocycles. The summed E-state index contributed by atoms with van der Waals surface area (Å²) in [6.45, 7) is 6.05. The van der Waals surface area contributed by atoms with E-state index >= 15 is 0 Å². The van der Waals surface area contributed by atoms with Crippen LogP contribution in [-0.4, -0.2) is 85.3 Å². The van der Waals surface area contributed by atoms with Crippen LogP contribution < -0.4 is 0 Å². The third kappa shape index (κ3) is 5.01. The molecular formula is C32H41N2O6+. The average molecular weight is 550 g/mol. The molecule has 2 unspecified atom stereocenters. The molecule has 4 heterocycles. The molecule has 1 amide bonds. The Balaban J connectivity index is 1.28. The van der Waals surface area contributed by atoms with Gasteiger partial charge >= 0.3 is 12.1 Å². The van der Waals surface area contributed by atoms with Crippen molar-refractivity contribution in [3.63, 3.8) is 0 Å². The van der Waals surface area contributed by atoms with Crippen LogP contribution in [-0.2, 0) is 29.3 Å². The summed E-state index contributed by atoms with van der Waals surface area (Å²) in [5.74, 6) is -0.460. The van der Waals surface area contributed by atoms with E-state index in [0.29, 0.717) is 49.5 Å². The van der Waals surface area contributed by atoms with Crippen LogP contribution in [0.2, 0.25) is 0 Å². The van der Waals surface area contributed by atoms with Crippen molar-refractivity contribution in [1.82, 2.24) is 4.90 Å². The highest BCUT2D eigenvalue weighted by Gasteiger charge is 2.57. The van der Waals surface area contributed by atoms with E-state index in [0.717, 1.165) is 12.8 Å². The number of hydrogen-bond donors (Lipinski definition) is 0. The number of carbonyl (C=O) groups is 2. The third-order valence-electron chi connectivity index (χ3n) is 9.56. The number of carbonyl (C=O) groups excluding carboxylic acids is 2. The fraction of sp³-hybridized carbons (Fsp3) is 0.562. The largest absolute Gasteiger partial charge is 0.459 e. The normalized spacial score (nSPS) is 26.4. The minimum Gasteiger partial charge on any atom is -0.459 e. The van der Waals surface area contributed by atoms with Crippen molar-refractivity contribution in [3.8, 4) is 0 Å². The molecule has 4 fully saturated rings. The molecule has 2 aromatic rings. The van der Waals surface area contributed by atoms with Gasteiger partial charge in [0.05, 0.1) is 38.4 Å². The second kappa shape index (κ2) is 11.5. The Morgan fingerprint density at radius 2 is 1.45 bits per heavy atom. The zero-order chi connectivity index (χ0) is 27.6. The smallest absolute Gasteiger partial charge is 0.412 e. The maximum Gasteiger partial charge on any atom is 0.412 e. The summed E-state index contributed by atoms with van der Waals surface area (Å²) < 4.78 is 25.3. The molecule has 2 bridgehead atoms. The maximum atomic E-state index is 14.5. The number of nitrogens with zero attached hydrogens (tertiary/aromatic N) is 2. The molecule has 214 valence electrons. The molecule has 0 N–H and O–H groups in total. The highest BCUT2D eigenvalue weighted by Crippen LogP contribution is 2.47. The zero-order valence-electron chi connectivity index (χ0n) is 23.4. The van der Waals surface area contributed by atoms with Gasteiger partial charge in [-0.3, -0.25) is 0 Å². The van der Waals surface area contributed by atoms with Crippen LogP contribution in [0.3, 0.4) is 0 Å². The molecule has 3 atom stereocenters. The quantitative estimate of drug-likeness (QED) is 0.285. The third-order valence-corrected chi connectivity index (χ3v) is 9.56. The number of rotatable bonds is 7. The number of esters is 1. The lowest BCUT2D eigenvalue weighted by molar-refractivity contribution is -0.956. The Morgan fingerprint density at radius 1 is 0.900 bits per heavy atom. The van der Waals surface area contributed by atoms with Gasteiger partial charge in [0.2, 0.25) is 11.9 Å². The lowest BCUT2D eigenvalue weighted by Crippen LogP contribution is -2.60. The molecule has 2 aromatic carbocycles. The van der Waals surface area contributed by atoms with Crippen molar-refractivity contribution < 1.29 is 33.0 Å². The van der Waals surface area contributed by atoms with Crippen LogP contribution >= 0.6 is 0 Å². The van der Waals surface area contributed by atoms with Crippen molar-refractivity contribution in [2.75, 3.05) is 39.4 Å². The molecule has 4 saturated heterocycles. The minimum absolute atomic E-state index is 0.157. The SMILES string of the molecule is C[C@@H](OC(=O)N1CCOCC1)OC(C(=O)OC1CC2CCC(C1)[N+]21CCCC1)(c1ccccc1)c1ccccc1. The van der Waals surface area contributed by atoms with Gasteiger partial charge in [-0.15, -0.1) is 0 Å². The summed E-state index contributed by atoms with van der Waals surface area (Å²) in [7, 11) is 0. The van der Waals surface area contributed by atoms with Crippen LogP contribution in [0.15, 0.2) is 60.7 Å². The molecule has 8 nitrogen and oxygen atoms in total. The number of morpholine rings is 1. The maximum absolute atomic E-state index is 14.5. The number of benzene rings is 2. The van der Waals surface area contributed by atoms with Gasteiger partial charge in [-0.05, 0) is 18.1 Å². The molecular weight excluding hydrogens is 508 g/mol. The van der Waals surface area contributed by atoms with Gasteiger partial charge in [0.1, 0.15) is 6.10 Å². The van der Waals surface area contributed by atoms with E-state index < -0.39 is 24.0 Å². The lowest BCUT2D eigenvalue weighted by Gasteiger charge is -2.47. The Morgan fingerprint density at radius 3 is 2.00 bits per heavy atom. The molecule has 40 heavy (non-hydrogen) atoms. The van der Waals surface area contributed by atoms with E-state index in [4.69, 9.17) is 18.9 Å². The molecule has 4 aliphatic rings. The van der Waals surface area contributed by atoms with Crippen LogP contribution in [0.1, 0.15) is 56.6 Å². The van der Waals surface area contributed by atoms with Gasteiger partial charge in [-0.2, -0.15) is 0 Å². The van der Waals surface area contributed by atoms with Crippen molar-refractivity contribution >= 4 is 12.1 Å². The van der Waals surface area contributed by atoms with E-state index in [2.05, 4.69) is 0 Å². The van der Waals surface area contributed by atoms with Gasteiger partial charge in [0.15, 0.2) is 0 Å². The number of quaternary nitrogens is 1.